The first-order valence-corrected chi connectivity index (χ1v) is 8.68. The van der Waals surface area contributed by atoms with Crippen molar-refractivity contribution in [2.24, 2.45) is 0 Å². The summed E-state index contributed by atoms with van der Waals surface area (Å²) in [5.74, 6) is -0.170. The summed E-state index contributed by atoms with van der Waals surface area (Å²) >= 11 is 0. The van der Waals surface area contributed by atoms with E-state index in [0.29, 0.717) is 19.4 Å². The number of rotatable bonds is 7. The third-order valence-electron chi connectivity index (χ3n) is 4.43. The Morgan fingerprint density at radius 3 is 2.80 bits per heavy atom. The fourth-order valence-corrected chi connectivity index (χ4v) is 3.03. The Kier molecular flexibility index (Phi) is 7.30. The van der Waals surface area contributed by atoms with Crippen LogP contribution in [0.2, 0.25) is 0 Å². The number of nitrogens with zero attached hydrogens (tertiary/aromatic N) is 2. The zero-order valence-corrected chi connectivity index (χ0v) is 14.3. The van der Waals surface area contributed by atoms with Gasteiger partial charge in [-0.3, -0.25) is 4.79 Å². The summed E-state index contributed by atoms with van der Waals surface area (Å²) in [5.41, 5.74) is 1.09. The number of aromatic hydroxyl groups is 1. The number of carbonyl (C=O) groups excluding carboxylic acids is 1. The number of carbonyl (C=O) groups is 1. The van der Waals surface area contributed by atoms with Crippen molar-refractivity contribution in [1.29, 1.82) is 5.26 Å². The minimum absolute atomic E-state index is 0.0931. The van der Waals surface area contributed by atoms with Gasteiger partial charge < -0.3 is 20.4 Å². The highest BCUT2D eigenvalue weighted by Gasteiger charge is 2.21. The standard InChI is InChI=1S/C19H25N3O3/c20-13-16(14-22-11-2-1-3-17(22)9-12-23)19(25)21-10-8-15-4-6-18(24)7-5-15/h4-7,14,17,23-24H,1-3,8-12H2,(H,21,25)/b16-14-. The Balaban J connectivity index is 1.90. The van der Waals surface area contributed by atoms with Gasteiger partial charge in [-0.05, 0) is 49.8 Å². The van der Waals surface area contributed by atoms with Crippen molar-refractivity contribution in [3.63, 3.8) is 0 Å². The van der Waals surface area contributed by atoms with E-state index in [1.165, 1.54) is 0 Å². The molecule has 1 aliphatic heterocycles. The van der Waals surface area contributed by atoms with E-state index in [9.17, 15) is 20.3 Å². The molecule has 1 fully saturated rings. The summed E-state index contributed by atoms with van der Waals surface area (Å²) in [5, 5.41) is 30.5. The number of amides is 1. The van der Waals surface area contributed by atoms with Crippen molar-refractivity contribution in [2.45, 2.75) is 38.1 Å². The van der Waals surface area contributed by atoms with Crippen molar-refractivity contribution < 1.29 is 15.0 Å². The van der Waals surface area contributed by atoms with Gasteiger partial charge in [0, 0.05) is 31.9 Å². The molecule has 1 unspecified atom stereocenters. The van der Waals surface area contributed by atoms with Crippen molar-refractivity contribution in [3.05, 3.63) is 41.6 Å². The molecule has 0 aromatic heterocycles. The van der Waals surface area contributed by atoms with Gasteiger partial charge in [-0.25, -0.2) is 0 Å². The lowest BCUT2D eigenvalue weighted by atomic mass is 10.00. The smallest absolute Gasteiger partial charge is 0.263 e. The first-order valence-electron chi connectivity index (χ1n) is 8.68. The number of nitrogens with one attached hydrogen (secondary N) is 1. The highest BCUT2D eigenvalue weighted by molar-refractivity contribution is 5.97. The van der Waals surface area contributed by atoms with Gasteiger partial charge in [0.1, 0.15) is 17.4 Å². The van der Waals surface area contributed by atoms with E-state index >= 15 is 0 Å². The van der Waals surface area contributed by atoms with E-state index in [0.717, 1.165) is 31.4 Å². The predicted octanol–water partition coefficient (Wildman–Crippen LogP) is 1.70. The molecule has 1 saturated heterocycles. The van der Waals surface area contributed by atoms with Gasteiger partial charge in [0.15, 0.2) is 0 Å². The number of likely N-dealkylation sites (tertiary alicyclic amines) is 1. The number of hydrogen-bond donors (Lipinski definition) is 3. The van der Waals surface area contributed by atoms with Gasteiger partial charge >= 0.3 is 0 Å². The van der Waals surface area contributed by atoms with Crippen LogP contribution in [-0.4, -0.2) is 46.8 Å². The topological polar surface area (TPSA) is 96.6 Å². The Morgan fingerprint density at radius 1 is 1.36 bits per heavy atom. The number of phenols is 1. The number of aliphatic hydroxyl groups excluding tert-OH is 1. The van der Waals surface area contributed by atoms with Crippen LogP contribution in [0.1, 0.15) is 31.2 Å². The van der Waals surface area contributed by atoms with E-state index in [-0.39, 0.29) is 29.9 Å². The molecule has 134 valence electrons. The summed E-state index contributed by atoms with van der Waals surface area (Å²) in [6, 6.07) is 8.98. The van der Waals surface area contributed by atoms with Crippen LogP contribution < -0.4 is 5.32 Å². The molecule has 0 saturated carbocycles. The molecule has 6 nitrogen and oxygen atoms in total. The Bertz CT molecular complexity index is 632. The van der Waals surface area contributed by atoms with Crippen molar-refractivity contribution in [1.82, 2.24) is 10.2 Å². The number of piperidine rings is 1. The lowest BCUT2D eigenvalue weighted by Gasteiger charge is -2.34. The van der Waals surface area contributed by atoms with Crippen LogP contribution >= 0.6 is 0 Å². The predicted molar refractivity (Wildman–Crippen MR) is 94.6 cm³/mol. The van der Waals surface area contributed by atoms with Crippen LogP contribution in [0.5, 0.6) is 5.75 Å². The van der Waals surface area contributed by atoms with Crippen LogP contribution in [0.25, 0.3) is 0 Å². The molecule has 3 N–H and O–H groups in total. The van der Waals surface area contributed by atoms with E-state index in [1.807, 2.05) is 11.0 Å². The quantitative estimate of drug-likeness (QED) is 0.517. The number of phenolic OH excluding ortho intramolecular Hbond substituents is 1. The number of aliphatic hydroxyl groups is 1. The second-order valence-electron chi connectivity index (χ2n) is 6.23. The van der Waals surface area contributed by atoms with Crippen molar-refractivity contribution >= 4 is 5.91 Å². The molecule has 0 bridgehead atoms. The minimum Gasteiger partial charge on any atom is -0.508 e. The second kappa shape index (κ2) is 9.70. The molecule has 2 rings (SSSR count). The van der Waals surface area contributed by atoms with Gasteiger partial charge in [0.2, 0.25) is 0 Å². The second-order valence-corrected chi connectivity index (χ2v) is 6.23. The molecular weight excluding hydrogens is 318 g/mol. The third-order valence-corrected chi connectivity index (χ3v) is 4.43. The number of hydrogen-bond acceptors (Lipinski definition) is 5. The first-order chi connectivity index (χ1) is 12.1. The molecule has 1 aromatic rings. The summed E-state index contributed by atoms with van der Waals surface area (Å²) in [6.07, 6.45) is 6.02. The van der Waals surface area contributed by atoms with Gasteiger partial charge in [0.25, 0.3) is 5.91 Å². The molecular formula is C19H25N3O3. The third kappa shape index (κ3) is 5.80. The highest BCUT2D eigenvalue weighted by Crippen LogP contribution is 2.20. The highest BCUT2D eigenvalue weighted by atomic mass is 16.3. The van der Waals surface area contributed by atoms with Crippen molar-refractivity contribution in [2.75, 3.05) is 19.7 Å². The molecule has 0 radical (unpaired) electrons. The molecule has 1 amide bonds. The fraction of sp³-hybridized carbons (Fsp3) is 0.474. The largest absolute Gasteiger partial charge is 0.508 e. The van der Waals surface area contributed by atoms with E-state index < -0.39 is 0 Å². The monoisotopic (exact) mass is 343 g/mol. The number of nitriles is 1. The Morgan fingerprint density at radius 2 is 2.12 bits per heavy atom. The Hall–Kier alpha value is -2.52. The SMILES string of the molecule is N#C/C(=C/N1CCCCC1CCO)C(=O)NCCc1ccc(O)cc1. The molecule has 1 aromatic carbocycles. The van der Waals surface area contributed by atoms with Gasteiger partial charge in [-0.15, -0.1) is 0 Å². The first kappa shape index (κ1) is 18.8. The van der Waals surface area contributed by atoms with Crippen LogP contribution in [0.4, 0.5) is 0 Å². The minimum atomic E-state index is -0.380. The molecule has 25 heavy (non-hydrogen) atoms. The molecule has 1 atom stereocenters. The van der Waals surface area contributed by atoms with Crippen LogP contribution in [0.3, 0.4) is 0 Å². The maximum absolute atomic E-state index is 12.2. The Labute approximate surface area is 148 Å². The van der Waals surface area contributed by atoms with Gasteiger partial charge in [-0.1, -0.05) is 12.1 Å². The number of benzene rings is 1. The molecule has 1 heterocycles. The van der Waals surface area contributed by atoms with Crippen LogP contribution in [0.15, 0.2) is 36.0 Å². The fourth-order valence-electron chi connectivity index (χ4n) is 3.03. The lowest BCUT2D eigenvalue weighted by molar-refractivity contribution is -0.117. The lowest BCUT2D eigenvalue weighted by Crippen LogP contribution is -2.37. The molecule has 0 spiro atoms. The normalized spacial score (nSPS) is 17.8. The summed E-state index contributed by atoms with van der Waals surface area (Å²) < 4.78 is 0. The molecule has 6 heteroatoms. The van der Waals surface area contributed by atoms with E-state index in [2.05, 4.69) is 5.32 Å². The molecule has 0 aliphatic carbocycles. The maximum Gasteiger partial charge on any atom is 0.263 e. The van der Waals surface area contributed by atoms with Crippen molar-refractivity contribution in [3.8, 4) is 11.8 Å². The zero-order valence-electron chi connectivity index (χ0n) is 14.3. The maximum atomic E-state index is 12.2. The molecule has 1 aliphatic rings. The average molecular weight is 343 g/mol. The van der Waals surface area contributed by atoms with Crippen LogP contribution in [-0.2, 0) is 11.2 Å². The van der Waals surface area contributed by atoms with Crippen LogP contribution in [0, 0.1) is 11.3 Å². The van der Waals surface area contributed by atoms with E-state index in [1.54, 1.807) is 30.5 Å². The average Bonchev–Trinajstić information content (AvgIpc) is 2.62. The summed E-state index contributed by atoms with van der Waals surface area (Å²) in [4.78, 5) is 14.3. The van der Waals surface area contributed by atoms with Gasteiger partial charge in [0.05, 0.1) is 0 Å². The summed E-state index contributed by atoms with van der Waals surface area (Å²) in [6.45, 7) is 1.33. The van der Waals surface area contributed by atoms with E-state index in [4.69, 9.17) is 0 Å². The summed E-state index contributed by atoms with van der Waals surface area (Å²) in [7, 11) is 0. The van der Waals surface area contributed by atoms with Gasteiger partial charge in [-0.2, -0.15) is 5.26 Å². The zero-order chi connectivity index (χ0) is 18.1.